The van der Waals surface area contributed by atoms with Gasteiger partial charge in [0.2, 0.25) is 5.91 Å². The maximum atomic E-state index is 12.8. The van der Waals surface area contributed by atoms with Crippen LogP contribution in [0.2, 0.25) is 5.02 Å². The fourth-order valence-electron chi connectivity index (χ4n) is 3.28. The summed E-state index contributed by atoms with van der Waals surface area (Å²) in [6.45, 7) is 2.17. The lowest BCUT2D eigenvalue weighted by Crippen LogP contribution is -2.40. The molecule has 1 aliphatic rings. The van der Waals surface area contributed by atoms with Crippen molar-refractivity contribution in [3.63, 3.8) is 0 Å². The number of hydrogen-bond acceptors (Lipinski definition) is 2. The van der Waals surface area contributed by atoms with Crippen molar-refractivity contribution in [1.82, 2.24) is 4.90 Å². The number of nitrogens with one attached hydrogen (secondary N) is 1. The van der Waals surface area contributed by atoms with Crippen molar-refractivity contribution in [2.75, 3.05) is 18.4 Å². The van der Waals surface area contributed by atoms with Crippen molar-refractivity contribution < 1.29 is 18.0 Å². The lowest BCUT2D eigenvalue weighted by Gasteiger charge is -2.32. The van der Waals surface area contributed by atoms with Gasteiger partial charge in [-0.3, -0.25) is 9.69 Å². The van der Waals surface area contributed by atoms with E-state index in [2.05, 4.69) is 10.2 Å². The molecule has 1 saturated heterocycles. The van der Waals surface area contributed by atoms with E-state index in [1.807, 2.05) is 24.3 Å². The number of nitrogens with zero attached hydrogens (tertiary/aromatic N) is 1. The van der Waals surface area contributed by atoms with Gasteiger partial charge in [-0.15, -0.1) is 0 Å². The van der Waals surface area contributed by atoms with Gasteiger partial charge in [0.1, 0.15) is 0 Å². The van der Waals surface area contributed by atoms with Crippen LogP contribution in [0.3, 0.4) is 0 Å². The molecule has 0 saturated carbocycles. The maximum absolute atomic E-state index is 12.8. The molecule has 1 amide bonds. The number of amides is 1. The van der Waals surface area contributed by atoms with Crippen molar-refractivity contribution in [2.24, 2.45) is 5.92 Å². The Morgan fingerprint density at radius 1 is 1.19 bits per heavy atom. The first-order valence-electron chi connectivity index (χ1n) is 8.76. The molecule has 1 N–H and O–H groups in total. The van der Waals surface area contributed by atoms with Gasteiger partial charge in [-0.1, -0.05) is 29.8 Å². The van der Waals surface area contributed by atoms with Crippen molar-refractivity contribution in [3.05, 3.63) is 64.7 Å². The van der Waals surface area contributed by atoms with E-state index in [1.54, 1.807) is 0 Å². The summed E-state index contributed by atoms with van der Waals surface area (Å²) < 4.78 is 38.4. The number of benzene rings is 2. The second-order valence-corrected chi connectivity index (χ2v) is 7.20. The van der Waals surface area contributed by atoms with E-state index in [0.29, 0.717) is 18.1 Å². The van der Waals surface area contributed by atoms with Gasteiger partial charge in [0, 0.05) is 23.8 Å². The molecule has 27 heavy (non-hydrogen) atoms. The van der Waals surface area contributed by atoms with Gasteiger partial charge in [-0.05, 0) is 55.3 Å². The minimum absolute atomic E-state index is 0.171. The van der Waals surface area contributed by atoms with Crippen LogP contribution in [0.15, 0.2) is 48.5 Å². The van der Waals surface area contributed by atoms with Gasteiger partial charge in [-0.25, -0.2) is 0 Å². The lowest BCUT2D eigenvalue weighted by atomic mass is 9.96. The van der Waals surface area contributed by atoms with E-state index >= 15 is 0 Å². The Bertz CT molecular complexity index is 793. The van der Waals surface area contributed by atoms with Gasteiger partial charge >= 0.3 is 6.18 Å². The number of anilines is 1. The van der Waals surface area contributed by atoms with E-state index in [9.17, 15) is 18.0 Å². The smallest absolute Gasteiger partial charge is 0.326 e. The summed E-state index contributed by atoms with van der Waals surface area (Å²) in [5.74, 6) is -0.490. The minimum atomic E-state index is -4.43. The van der Waals surface area contributed by atoms with Crippen LogP contribution in [-0.2, 0) is 17.5 Å². The third kappa shape index (κ3) is 5.47. The molecule has 1 fully saturated rings. The number of carbonyl (C=O) groups excluding carboxylic acids is 1. The van der Waals surface area contributed by atoms with Crippen LogP contribution in [-0.4, -0.2) is 23.9 Å². The first-order chi connectivity index (χ1) is 12.8. The average Bonchev–Trinajstić information content (AvgIpc) is 2.63. The number of hydrogen-bond donors (Lipinski definition) is 1. The molecule has 1 atom stereocenters. The van der Waals surface area contributed by atoms with Crippen LogP contribution in [0.4, 0.5) is 18.9 Å². The summed E-state index contributed by atoms with van der Waals surface area (Å²) in [4.78, 5) is 14.7. The highest BCUT2D eigenvalue weighted by Crippen LogP contribution is 2.31. The van der Waals surface area contributed by atoms with Gasteiger partial charge in [0.25, 0.3) is 0 Å². The number of rotatable bonds is 4. The number of carbonyl (C=O) groups is 1. The average molecular weight is 397 g/mol. The fourth-order valence-corrected chi connectivity index (χ4v) is 3.40. The second kappa shape index (κ2) is 8.31. The minimum Gasteiger partial charge on any atom is -0.326 e. The second-order valence-electron chi connectivity index (χ2n) is 6.77. The van der Waals surface area contributed by atoms with Crippen molar-refractivity contribution >= 4 is 23.2 Å². The molecule has 0 aromatic heterocycles. The highest BCUT2D eigenvalue weighted by atomic mass is 35.5. The lowest BCUT2D eigenvalue weighted by molar-refractivity contribution is -0.137. The van der Waals surface area contributed by atoms with Gasteiger partial charge in [0.05, 0.1) is 11.5 Å². The Kier molecular flexibility index (Phi) is 6.07. The third-order valence-corrected chi connectivity index (χ3v) is 4.91. The number of likely N-dealkylation sites (tertiary alicyclic amines) is 1. The Hall–Kier alpha value is -2.05. The highest BCUT2D eigenvalue weighted by molar-refractivity contribution is 6.30. The zero-order chi connectivity index (χ0) is 19.4. The standard InChI is InChI=1S/C20H20ClF3N2O/c21-17-8-6-14(7-9-17)12-26-10-2-3-15(13-26)19(27)25-18-5-1-4-16(11-18)20(22,23)24/h1,4-9,11,15H,2-3,10,12-13H2,(H,25,27). The molecule has 0 radical (unpaired) electrons. The molecule has 2 aromatic carbocycles. The molecule has 3 nitrogen and oxygen atoms in total. The quantitative estimate of drug-likeness (QED) is 0.769. The molecule has 1 heterocycles. The molecule has 1 aliphatic heterocycles. The largest absolute Gasteiger partial charge is 0.416 e. The molecular weight excluding hydrogens is 377 g/mol. The van der Waals surface area contributed by atoms with Crippen LogP contribution in [0, 0.1) is 5.92 Å². The highest BCUT2D eigenvalue weighted by Gasteiger charge is 2.31. The first kappa shape index (κ1) is 19.7. The van der Waals surface area contributed by atoms with E-state index in [1.165, 1.54) is 12.1 Å². The number of piperidine rings is 1. The van der Waals surface area contributed by atoms with E-state index in [4.69, 9.17) is 11.6 Å². The Morgan fingerprint density at radius 2 is 1.93 bits per heavy atom. The molecule has 1 unspecified atom stereocenters. The van der Waals surface area contributed by atoms with E-state index < -0.39 is 11.7 Å². The van der Waals surface area contributed by atoms with E-state index in [0.717, 1.165) is 37.1 Å². The SMILES string of the molecule is O=C(Nc1cccc(C(F)(F)F)c1)C1CCCN(Cc2ccc(Cl)cc2)C1. The molecule has 0 bridgehead atoms. The van der Waals surface area contributed by atoms with Crippen LogP contribution >= 0.6 is 11.6 Å². The van der Waals surface area contributed by atoms with Crippen LogP contribution in [0.25, 0.3) is 0 Å². The first-order valence-corrected chi connectivity index (χ1v) is 9.14. The Labute approximate surface area is 161 Å². The van der Waals surface area contributed by atoms with E-state index in [-0.39, 0.29) is 17.5 Å². The molecule has 144 valence electrons. The summed E-state index contributed by atoms with van der Waals surface area (Å²) in [5, 5.41) is 3.31. The Balaban J connectivity index is 1.60. The van der Waals surface area contributed by atoms with Crippen molar-refractivity contribution in [2.45, 2.75) is 25.6 Å². The van der Waals surface area contributed by atoms with Crippen LogP contribution in [0.1, 0.15) is 24.0 Å². The van der Waals surface area contributed by atoms with Gasteiger partial charge in [0.15, 0.2) is 0 Å². The molecular formula is C20H20ClF3N2O. The van der Waals surface area contributed by atoms with Gasteiger partial charge < -0.3 is 5.32 Å². The van der Waals surface area contributed by atoms with Crippen molar-refractivity contribution in [3.8, 4) is 0 Å². The summed E-state index contributed by atoms with van der Waals surface area (Å²) in [7, 11) is 0. The molecule has 3 rings (SSSR count). The zero-order valence-electron chi connectivity index (χ0n) is 14.6. The van der Waals surface area contributed by atoms with Crippen molar-refractivity contribution in [1.29, 1.82) is 0 Å². The molecule has 0 aliphatic carbocycles. The summed E-state index contributed by atoms with van der Waals surface area (Å²) >= 11 is 5.90. The topological polar surface area (TPSA) is 32.3 Å². The normalized spacial score (nSPS) is 18.3. The summed E-state index contributed by atoms with van der Waals surface area (Å²) in [6.07, 6.45) is -2.84. The molecule has 0 spiro atoms. The van der Waals surface area contributed by atoms with Gasteiger partial charge in [-0.2, -0.15) is 13.2 Å². The Morgan fingerprint density at radius 3 is 2.63 bits per heavy atom. The zero-order valence-corrected chi connectivity index (χ0v) is 15.4. The molecule has 2 aromatic rings. The fraction of sp³-hybridized carbons (Fsp3) is 0.350. The predicted molar refractivity (Wildman–Crippen MR) is 99.5 cm³/mol. The monoisotopic (exact) mass is 396 g/mol. The number of halogens is 4. The number of alkyl halides is 3. The predicted octanol–water partition coefficient (Wildman–Crippen LogP) is 5.21. The summed E-state index contributed by atoms with van der Waals surface area (Å²) in [5.41, 5.74) is 0.510. The third-order valence-electron chi connectivity index (χ3n) is 4.65. The molecule has 7 heteroatoms. The van der Waals surface area contributed by atoms with Crippen LogP contribution < -0.4 is 5.32 Å². The van der Waals surface area contributed by atoms with Crippen LogP contribution in [0.5, 0.6) is 0 Å². The summed E-state index contributed by atoms with van der Waals surface area (Å²) in [6, 6.07) is 12.3. The maximum Gasteiger partial charge on any atom is 0.416 e.